The van der Waals surface area contributed by atoms with E-state index in [1.165, 1.54) is 35.5 Å². The highest BCUT2D eigenvalue weighted by Gasteiger charge is 2.47. The first kappa shape index (κ1) is 19.0. The summed E-state index contributed by atoms with van der Waals surface area (Å²) >= 11 is 0. The zero-order chi connectivity index (χ0) is 21.3. The topological polar surface area (TPSA) is 114 Å². The minimum Gasteiger partial charge on any atom is -0.507 e. The van der Waals surface area contributed by atoms with Gasteiger partial charge in [0.25, 0.3) is 17.4 Å². The summed E-state index contributed by atoms with van der Waals surface area (Å²) in [6, 6.07) is 16.2. The predicted octanol–water partition coefficient (Wildman–Crippen LogP) is 3.62. The van der Waals surface area contributed by atoms with Crippen molar-refractivity contribution in [2.75, 3.05) is 4.90 Å². The molecule has 0 unspecified atom stereocenters. The van der Waals surface area contributed by atoms with Gasteiger partial charge in [-0.2, -0.15) is 0 Å². The van der Waals surface area contributed by atoms with E-state index in [0.717, 1.165) is 0 Å². The van der Waals surface area contributed by atoms with E-state index in [2.05, 4.69) is 4.98 Å². The van der Waals surface area contributed by atoms with Crippen LogP contribution in [0.25, 0.3) is 5.76 Å². The standard InChI is InChI=1S/C22H15N3O5/c26-20(14-6-2-1-3-7-14)18-19(15-8-4-9-16(12-15)25(29)30)24(22(28)21(18)27)17-10-5-11-23-13-17/h1-13,19,26H/t19-/m1/s1. The van der Waals surface area contributed by atoms with Gasteiger partial charge in [-0.15, -0.1) is 0 Å². The first-order valence-electron chi connectivity index (χ1n) is 9.00. The van der Waals surface area contributed by atoms with Gasteiger partial charge in [-0.1, -0.05) is 42.5 Å². The number of pyridine rings is 1. The van der Waals surface area contributed by atoms with Crippen molar-refractivity contribution in [3.63, 3.8) is 0 Å². The Kier molecular flexibility index (Phi) is 4.81. The van der Waals surface area contributed by atoms with E-state index in [1.54, 1.807) is 48.5 Å². The normalized spacial score (nSPS) is 17.9. The van der Waals surface area contributed by atoms with Crippen LogP contribution in [-0.2, 0) is 9.59 Å². The van der Waals surface area contributed by atoms with Crippen LogP contribution >= 0.6 is 0 Å². The van der Waals surface area contributed by atoms with Crippen LogP contribution in [-0.4, -0.2) is 26.7 Å². The largest absolute Gasteiger partial charge is 0.507 e. The number of carbonyl (C=O) groups excluding carboxylic acids is 2. The van der Waals surface area contributed by atoms with Crippen molar-refractivity contribution < 1.29 is 19.6 Å². The monoisotopic (exact) mass is 401 g/mol. The lowest BCUT2D eigenvalue weighted by atomic mass is 9.95. The van der Waals surface area contributed by atoms with Gasteiger partial charge in [0.2, 0.25) is 0 Å². The maximum atomic E-state index is 12.9. The number of hydrogen-bond donors (Lipinski definition) is 1. The number of Topliss-reactive ketones (excluding diaryl/α,β-unsaturated/α-hetero) is 1. The molecule has 1 aliphatic rings. The molecule has 1 aliphatic heterocycles. The zero-order valence-corrected chi connectivity index (χ0v) is 15.5. The van der Waals surface area contributed by atoms with E-state index < -0.39 is 22.7 Å². The number of amides is 1. The molecule has 0 bridgehead atoms. The van der Waals surface area contributed by atoms with Gasteiger partial charge in [0.15, 0.2) is 0 Å². The number of nitro groups is 1. The summed E-state index contributed by atoms with van der Waals surface area (Å²) < 4.78 is 0. The summed E-state index contributed by atoms with van der Waals surface area (Å²) in [4.78, 5) is 41.8. The number of aliphatic hydroxyl groups is 1. The summed E-state index contributed by atoms with van der Waals surface area (Å²) in [5.41, 5.74) is 0.685. The first-order chi connectivity index (χ1) is 14.5. The molecule has 0 spiro atoms. The second-order valence-corrected chi connectivity index (χ2v) is 6.60. The van der Waals surface area contributed by atoms with Crippen molar-refractivity contribution in [1.82, 2.24) is 4.98 Å². The number of non-ortho nitro benzene ring substituents is 1. The summed E-state index contributed by atoms with van der Waals surface area (Å²) in [6.45, 7) is 0. The maximum Gasteiger partial charge on any atom is 0.300 e. The molecule has 8 nitrogen and oxygen atoms in total. The molecular weight excluding hydrogens is 386 g/mol. The first-order valence-corrected chi connectivity index (χ1v) is 9.00. The molecule has 2 heterocycles. The van der Waals surface area contributed by atoms with E-state index in [1.807, 2.05) is 0 Å². The number of aromatic nitrogens is 1. The van der Waals surface area contributed by atoms with Crippen LogP contribution in [0.2, 0.25) is 0 Å². The average Bonchev–Trinajstić information content (AvgIpc) is 3.05. The number of aliphatic hydroxyl groups excluding tert-OH is 1. The second kappa shape index (κ2) is 7.59. The number of ketones is 1. The highest BCUT2D eigenvalue weighted by Crippen LogP contribution is 2.42. The lowest BCUT2D eigenvalue weighted by Crippen LogP contribution is -2.29. The third kappa shape index (κ3) is 3.20. The Bertz CT molecular complexity index is 1180. The minimum absolute atomic E-state index is 0.143. The van der Waals surface area contributed by atoms with Gasteiger partial charge in [0.1, 0.15) is 5.76 Å². The molecule has 1 saturated heterocycles. The molecule has 4 rings (SSSR count). The van der Waals surface area contributed by atoms with Crippen LogP contribution in [0.4, 0.5) is 11.4 Å². The Morgan fingerprint density at radius 3 is 2.47 bits per heavy atom. The summed E-state index contributed by atoms with van der Waals surface area (Å²) in [6.07, 6.45) is 2.93. The van der Waals surface area contributed by atoms with Crippen LogP contribution in [0, 0.1) is 10.1 Å². The molecule has 148 valence electrons. The average molecular weight is 401 g/mol. The molecule has 1 aromatic heterocycles. The molecule has 1 N–H and O–H groups in total. The predicted molar refractivity (Wildman–Crippen MR) is 109 cm³/mol. The van der Waals surface area contributed by atoms with Crippen LogP contribution in [0.1, 0.15) is 17.2 Å². The highest BCUT2D eigenvalue weighted by molar-refractivity contribution is 6.51. The summed E-state index contributed by atoms with van der Waals surface area (Å²) in [7, 11) is 0. The highest BCUT2D eigenvalue weighted by atomic mass is 16.6. The van der Waals surface area contributed by atoms with E-state index in [4.69, 9.17) is 0 Å². The SMILES string of the molecule is O=C1C(=O)N(c2cccnc2)[C@H](c2cccc([N+](=O)[O-])c2)C1=C(O)c1ccccc1. The van der Waals surface area contributed by atoms with E-state index in [-0.39, 0.29) is 17.0 Å². The molecule has 30 heavy (non-hydrogen) atoms. The summed E-state index contributed by atoms with van der Waals surface area (Å²) in [5.74, 6) is -2.08. The molecule has 8 heteroatoms. The lowest BCUT2D eigenvalue weighted by molar-refractivity contribution is -0.384. The molecule has 1 fully saturated rings. The Morgan fingerprint density at radius 2 is 1.80 bits per heavy atom. The van der Waals surface area contributed by atoms with Crippen LogP contribution < -0.4 is 4.90 Å². The zero-order valence-electron chi connectivity index (χ0n) is 15.5. The van der Waals surface area contributed by atoms with Gasteiger partial charge in [0, 0.05) is 23.9 Å². The van der Waals surface area contributed by atoms with E-state index >= 15 is 0 Å². The Labute approximate surface area is 170 Å². The van der Waals surface area contributed by atoms with Gasteiger partial charge >= 0.3 is 0 Å². The van der Waals surface area contributed by atoms with E-state index in [0.29, 0.717) is 16.8 Å². The van der Waals surface area contributed by atoms with Gasteiger partial charge < -0.3 is 5.11 Å². The van der Waals surface area contributed by atoms with Gasteiger partial charge in [-0.25, -0.2) is 0 Å². The number of hydrogen-bond acceptors (Lipinski definition) is 6. The Balaban J connectivity index is 1.97. The molecular formula is C22H15N3O5. The molecule has 1 amide bonds. The second-order valence-electron chi connectivity index (χ2n) is 6.60. The fourth-order valence-corrected chi connectivity index (χ4v) is 3.47. The number of nitrogens with zero attached hydrogens (tertiary/aromatic N) is 3. The molecule has 0 aliphatic carbocycles. The van der Waals surface area contributed by atoms with Crippen LogP contribution in [0.5, 0.6) is 0 Å². The van der Waals surface area contributed by atoms with Crippen molar-refractivity contribution in [3.8, 4) is 0 Å². The van der Waals surface area contributed by atoms with Crippen molar-refractivity contribution in [2.45, 2.75) is 6.04 Å². The number of nitro benzene ring substituents is 1. The lowest BCUT2D eigenvalue weighted by Gasteiger charge is -2.25. The quantitative estimate of drug-likeness (QED) is 0.235. The maximum absolute atomic E-state index is 12.9. The third-order valence-corrected chi connectivity index (χ3v) is 4.81. The number of carbonyl (C=O) groups is 2. The fraction of sp³-hybridized carbons (Fsp3) is 0.0455. The molecule has 0 radical (unpaired) electrons. The minimum atomic E-state index is -1.05. The van der Waals surface area contributed by atoms with Crippen LogP contribution in [0.15, 0.2) is 84.7 Å². The summed E-state index contributed by atoms with van der Waals surface area (Å²) in [5, 5.41) is 22.2. The molecule has 1 atom stereocenters. The van der Waals surface area contributed by atoms with Gasteiger partial charge in [0.05, 0.1) is 28.4 Å². The van der Waals surface area contributed by atoms with Gasteiger partial charge in [-0.3, -0.25) is 29.6 Å². The van der Waals surface area contributed by atoms with E-state index in [9.17, 15) is 24.8 Å². The van der Waals surface area contributed by atoms with Crippen molar-refractivity contribution in [3.05, 3.63) is 106 Å². The molecule has 3 aromatic rings. The van der Waals surface area contributed by atoms with Crippen LogP contribution in [0.3, 0.4) is 0 Å². The third-order valence-electron chi connectivity index (χ3n) is 4.81. The van der Waals surface area contributed by atoms with Crippen molar-refractivity contribution in [2.24, 2.45) is 0 Å². The number of anilines is 1. The molecule has 2 aromatic carbocycles. The van der Waals surface area contributed by atoms with Crippen molar-refractivity contribution in [1.29, 1.82) is 0 Å². The fourth-order valence-electron chi connectivity index (χ4n) is 3.47. The van der Waals surface area contributed by atoms with Gasteiger partial charge in [-0.05, 0) is 17.7 Å². The Hall–Kier alpha value is -4.33. The van der Waals surface area contributed by atoms with Crippen molar-refractivity contribution >= 4 is 28.8 Å². The Morgan fingerprint density at radius 1 is 1.03 bits per heavy atom. The number of rotatable bonds is 4. The number of benzene rings is 2. The molecule has 0 saturated carbocycles. The smallest absolute Gasteiger partial charge is 0.300 e.